The molecule has 0 fully saturated rings. The number of nitrogens with one attached hydrogen (secondary N) is 1. The minimum absolute atomic E-state index is 0.276. The van der Waals surface area contributed by atoms with Gasteiger partial charge in [-0.15, -0.1) is 0 Å². The van der Waals surface area contributed by atoms with Crippen LogP contribution in [0.3, 0.4) is 0 Å². The van der Waals surface area contributed by atoms with Gasteiger partial charge in [0.25, 0.3) is 0 Å². The van der Waals surface area contributed by atoms with Crippen LogP contribution in [0.25, 0.3) is 0 Å². The molecule has 68 valence electrons. The summed E-state index contributed by atoms with van der Waals surface area (Å²) < 4.78 is 5.15. The number of rotatable bonds is 8. The molecule has 3 heteroatoms. The van der Waals surface area contributed by atoms with Gasteiger partial charge < -0.3 is 15.2 Å². The normalized spacial score (nSPS) is 10.4. The Morgan fingerprint density at radius 3 is 2.64 bits per heavy atom. The summed E-state index contributed by atoms with van der Waals surface area (Å²) in [5.41, 5.74) is 0. The molecule has 0 unspecified atom stereocenters. The van der Waals surface area contributed by atoms with E-state index in [2.05, 4.69) is 5.32 Å². The van der Waals surface area contributed by atoms with E-state index in [1.54, 1.807) is 0 Å². The van der Waals surface area contributed by atoms with Gasteiger partial charge in [-0.05, 0) is 32.9 Å². The largest absolute Gasteiger partial charge is 0.396 e. The first kappa shape index (κ1) is 10.9. The molecule has 0 aromatic rings. The summed E-state index contributed by atoms with van der Waals surface area (Å²) in [6.45, 7) is 5.81. The fraction of sp³-hybridized carbons (Fsp3) is 1.00. The molecule has 0 aliphatic carbocycles. The van der Waals surface area contributed by atoms with Gasteiger partial charge in [0.1, 0.15) is 0 Å². The van der Waals surface area contributed by atoms with Crippen molar-refractivity contribution < 1.29 is 9.84 Å². The van der Waals surface area contributed by atoms with Gasteiger partial charge in [-0.2, -0.15) is 0 Å². The Labute approximate surface area is 68.8 Å². The molecule has 3 nitrogen and oxygen atoms in total. The van der Waals surface area contributed by atoms with Crippen LogP contribution < -0.4 is 5.32 Å². The number of hydrogen-bond acceptors (Lipinski definition) is 3. The second-order valence-electron chi connectivity index (χ2n) is 2.38. The highest BCUT2D eigenvalue weighted by Gasteiger charge is 1.87. The molecule has 2 N–H and O–H groups in total. The van der Waals surface area contributed by atoms with Crippen LogP contribution in [0.4, 0.5) is 0 Å². The highest BCUT2D eigenvalue weighted by atomic mass is 16.5. The fourth-order valence-electron chi connectivity index (χ4n) is 0.773. The van der Waals surface area contributed by atoms with Crippen LogP contribution in [-0.2, 0) is 4.74 Å². The Bertz CT molecular complexity index is 61.1. The summed E-state index contributed by atoms with van der Waals surface area (Å²) in [7, 11) is 0. The summed E-state index contributed by atoms with van der Waals surface area (Å²) in [6, 6.07) is 0. The van der Waals surface area contributed by atoms with Crippen molar-refractivity contribution in [2.24, 2.45) is 0 Å². The van der Waals surface area contributed by atoms with Gasteiger partial charge in [0, 0.05) is 19.8 Å². The summed E-state index contributed by atoms with van der Waals surface area (Å²) in [5.74, 6) is 0. The fourth-order valence-corrected chi connectivity index (χ4v) is 0.773. The third-order valence-electron chi connectivity index (χ3n) is 1.36. The average Bonchev–Trinajstić information content (AvgIpc) is 2.03. The van der Waals surface area contributed by atoms with E-state index in [-0.39, 0.29) is 6.61 Å². The predicted octanol–water partition coefficient (Wildman–Crippen LogP) is 0.385. The zero-order chi connectivity index (χ0) is 8.36. The summed E-state index contributed by atoms with van der Waals surface area (Å²) in [4.78, 5) is 0. The maximum Gasteiger partial charge on any atom is 0.0477 e. The highest BCUT2D eigenvalue weighted by molar-refractivity contribution is 4.46. The average molecular weight is 161 g/mol. The van der Waals surface area contributed by atoms with E-state index in [1.807, 2.05) is 6.92 Å². The van der Waals surface area contributed by atoms with Crippen LogP contribution >= 0.6 is 0 Å². The van der Waals surface area contributed by atoms with Gasteiger partial charge in [0.15, 0.2) is 0 Å². The molecular formula is C8H19NO2. The SMILES string of the molecule is CCOCCCNCCCO. The first-order valence-corrected chi connectivity index (χ1v) is 4.31. The molecule has 0 bridgehead atoms. The Balaban J connectivity index is 2.69. The molecule has 0 aromatic carbocycles. The molecular weight excluding hydrogens is 142 g/mol. The van der Waals surface area contributed by atoms with E-state index in [0.717, 1.165) is 39.1 Å². The van der Waals surface area contributed by atoms with E-state index in [0.29, 0.717) is 0 Å². The van der Waals surface area contributed by atoms with Crippen molar-refractivity contribution in [2.75, 3.05) is 32.9 Å². The molecule has 0 saturated carbocycles. The molecule has 0 radical (unpaired) electrons. The Morgan fingerprint density at radius 2 is 2.00 bits per heavy atom. The summed E-state index contributed by atoms with van der Waals surface area (Å²) in [5, 5.41) is 11.6. The molecule has 0 aliphatic rings. The molecule has 0 saturated heterocycles. The molecule has 0 atom stereocenters. The monoisotopic (exact) mass is 161 g/mol. The van der Waals surface area contributed by atoms with E-state index in [9.17, 15) is 0 Å². The van der Waals surface area contributed by atoms with Gasteiger partial charge in [-0.1, -0.05) is 0 Å². The van der Waals surface area contributed by atoms with Crippen LogP contribution in [0.1, 0.15) is 19.8 Å². The third kappa shape index (κ3) is 9.88. The maximum absolute atomic E-state index is 8.44. The zero-order valence-electron chi connectivity index (χ0n) is 7.31. The molecule has 0 heterocycles. The Kier molecular flexibility index (Phi) is 9.77. The van der Waals surface area contributed by atoms with Crippen molar-refractivity contribution in [3.63, 3.8) is 0 Å². The lowest BCUT2D eigenvalue weighted by Gasteiger charge is -2.02. The maximum atomic E-state index is 8.44. The van der Waals surface area contributed by atoms with Crippen LogP contribution in [0.5, 0.6) is 0 Å². The first-order chi connectivity index (χ1) is 5.41. The van der Waals surface area contributed by atoms with E-state index >= 15 is 0 Å². The summed E-state index contributed by atoms with van der Waals surface area (Å²) in [6.07, 6.45) is 1.90. The standard InChI is InChI=1S/C8H19NO2/c1-2-11-8-4-6-9-5-3-7-10/h9-10H,2-8H2,1H3. The Morgan fingerprint density at radius 1 is 1.27 bits per heavy atom. The topological polar surface area (TPSA) is 41.5 Å². The second kappa shape index (κ2) is 9.88. The first-order valence-electron chi connectivity index (χ1n) is 4.31. The molecule has 0 aromatic heterocycles. The predicted molar refractivity (Wildman–Crippen MR) is 45.7 cm³/mol. The third-order valence-corrected chi connectivity index (χ3v) is 1.36. The van der Waals surface area contributed by atoms with Crippen molar-refractivity contribution in [2.45, 2.75) is 19.8 Å². The number of aliphatic hydroxyl groups is 1. The van der Waals surface area contributed by atoms with E-state index in [1.165, 1.54) is 0 Å². The molecule has 0 rings (SSSR count). The molecule has 0 amide bonds. The lowest BCUT2D eigenvalue weighted by Crippen LogP contribution is -2.18. The van der Waals surface area contributed by atoms with E-state index < -0.39 is 0 Å². The minimum atomic E-state index is 0.276. The second-order valence-corrected chi connectivity index (χ2v) is 2.38. The van der Waals surface area contributed by atoms with Crippen molar-refractivity contribution in [1.29, 1.82) is 0 Å². The van der Waals surface area contributed by atoms with Gasteiger partial charge in [0.05, 0.1) is 0 Å². The number of ether oxygens (including phenoxy) is 1. The van der Waals surface area contributed by atoms with Crippen LogP contribution in [0, 0.1) is 0 Å². The van der Waals surface area contributed by atoms with Gasteiger partial charge in [-0.25, -0.2) is 0 Å². The molecule has 11 heavy (non-hydrogen) atoms. The van der Waals surface area contributed by atoms with Gasteiger partial charge in [-0.3, -0.25) is 0 Å². The minimum Gasteiger partial charge on any atom is -0.396 e. The van der Waals surface area contributed by atoms with Crippen molar-refractivity contribution in [3.05, 3.63) is 0 Å². The van der Waals surface area contributed by atoms with Crippen LogP contribution in [0.15, 0.2) is 0 Å². The summed E-state index contributed by atoms with van der Waals surface area (Å²) >= 11 is 0. The number of hydrogen-bond donors (Lipinski definition) is 2. The molecule has 0 aliphatic heterocycles. The van der Waals surface area contributed by atoms with Gasteiger partial charge >= 0.3 is 0 Å². The lowest BCUT2D eigenvalue weighted by molar-refractivity contribution is 0.144. The molecule has 0 spiro atoms. The Hall–Kier alpha value is -0.120. The van der Waals surface area contributed by atoms with E-state index in [4.69, 9.17) is 9.84 Å². The van der Waals surface area contributed by atoms with Crippen molar-refractivity contribution in [1.82, 2.24) is 5.32 Å². The van der Waals surface area contributed by atoms with Crippen LogP contribution in [-0.4, -0.2) is 38.0 Å². The van der Waals surface area contributed by atoms with Crippen LogP contribution in [0.2, 0.25) is 0 Å². The smallest absolute Gasteiger partial charge is 0.0477 e. The highest BCUT2D eigenvalue weighted by Crippen LogP contribution is 1.80. The zero-order valence-corrected chi connectivity index (χ0v) is 7.31. The van der Waals surface area contributed by atoms with Crippen molar-refractivity contribution in [3.8, 4) is 0 Å². The quantitative estimate of drug-likeness (QED) is 0.506. The lowest BCUT2D eigenvalue weighted by atomic mass is 10.4. The van der Waals surface area contributed by atoms with Crippen molar-refractivity contribution >= 4 is 0 Å². The van der Waals surface area contributed by atoms with Gasteiger partial charge in [0.2, 0.25) is 0 Å². The number of aliphatic hydroxyl groups excluding tert-OH is 1.